The predicted octanol–water partition coefficient (Wildman–Crippen LogP) is 6.20. The summed E-state index contributed by atoms with van der Waals surface area (Å²) >= 11 is 6.58. The number of Topliss-reactive ketones (excluding diaryl/α,β-unsaturated/α-hetero) is 2. The second-order valence-electron chi connectivity index (χ2n) is 10.5. The van der Waals surface area contributed by atoms with E-state index in [-0.39, 0.29) is 17.5 Å². The van der Waals surface area contributed by atoms with Crippen LogP contribution in [0.15, 0.2) is 103 Å². The van der Waals surface area contributed by atoms with Crippen molar-refractivity contribution in [1.29, 1.82) is 0 Å². The van der Waals surface area contributed by atoms with E-state index in [2.05, 4.69) is 5.32 Å². The van der Waals surface area contributed by atoms with Gasteiger partial charge in [0.2, 0.25) is 5.91 Å². The van der Waals surface area contributed by atoms with E-state index in [4.69, 9.17) is 16.3 Å². The van der Waals surface area contributed by atoms with Gasteiger partial charge in [-0.15, -0.1) is 0 Å². The summed E-state index contributed by atoms with van der Waals surface area (Å²) < 4.78 is 5.42. The average Bonchev–Trinajstić information content (AvgIpc) is 3.49. The Morgan fingerprint density at radius 3 is 2.49 bits per heavy atom. The van der Waals surface area contributed by atoms with Crippen LogP contribution in [0.3, 0.4) is 0 Å². The minimum atomic E-state index is -1.39. The van der Waals surface area contributed by atoms with Crippen LogP contribution < -0.4 is 15.0 Å². The summed E-state index contributed by atoms with van der Waals surface area (Å²) in [6.07, 6.45) is 3.93. The Labute approximate surface area is 242 Å². The van der Waals surface area contributed by atoms with Crippen molar-refractivity contribution in [3.63, 3.8) is 0 Å². The number of amides is 1. The molecule has 3 aliphatic heterocycles. The highest BCUT2D eigenvalue weighted by Crippen LogP contribution is 2.58. The lowest BCUT2D eigenvalue weighted by Gasteiger charge is -2.37. The number of anilines is 2. The first-order valence-electron chi connectivity index (χ1n) is 13.4. The summed E-state index contributed by atoms with van der Waals surface area (Å²) in [7, 11) is 1.53. The number of nitrogens with zero attached hydrogens (tertiary/aromatic N) is 1. The molecule has 1 fully saturated rings. The van der Waals surface area contributed by atoms with Crippen molar-refractivity contribution < 1.29 is 19.1 Å². The molecule has 0 radical (unpaired) electrons. The summed E-state index contributed by atoms with van der Waals surface area (Å²) in [4.78, 5) is 45.9. The number of hydrogen-bond acceptors (Lipinski definition) is 5. The van der Waals surface area contributed by atoms with E-state index in [0.29, 0.717) is 33.1 Å². The van der Waals surface area contributed by atoms with Crippen LogP contribution in [-0.2, 0) is 10.2 Å². The van der Waals surface area contributed by atoms with Gasteiger partial charge in [-0.3, -0.25) is 14.4 Å². The van der Waals surface area contributed by atoms with Gasteiger partial charge < -0.3 is 15.0 Å². The van der Waals surface area contributed by atoms with Crippen LogP contribution in [0.2, 0.25) is 5.02 Å². The van der Waals surface area contributed by atoms with Crippen molar-refractivity contribution in [2.75, 3.05) is 17.3 Å². The normalized spacial score (nSPS) is 23.5. The summed E-state index contributed by atoms with van der Waals surface area (Å²) in [5.41, 5.74) is 2.29. The smallest absolute Gasteiger partial charge is 0.238 e. The number of ether oxygens (including phenoxy) is 1. The molecule has 4 aromatic rings. The van der Waals surface area contributed by atoms with E-state index in [1.165, 1.54) is 7.11 Å². The molecule has 0 aromatic heterocycles. The Kier molecular flexibility index (Phi) is 5.84. The number of carbonyl (C=O) groups excluding carboxylic acids is 3. The third kappa shape index (κ3) is 3.54. The molecule has 1 amide bonds. The van der Waals surface area contributed by atoms with Crippen LogP contribution in [0.5, 0.6) is 5.75 Å². The zero-order valence-corrected chi connectivity index (χ0v) is 22.8. The summed E-state index contributed by atoms with van der Waals surface area (Å²) in [6.45, 7) is 0. The average molecular weight is 561 g/mol. The van der Waals surface area contributed by atoms with Crippen molar-refractivity contribution in [1.82, 2.24) is 0 Å². The van der Waals surface area contributed by atoms with Crippen molar-refractivity contribution in [3.05, 3.63) is 130 Å². The zero-order valence-electron chi connectivity index (χ0n) is 22.1. The highest BCUT2D eigenvalue weighted by Gasteiger charge is 2.70. The second-order valence-corrected chi connectivity index (χ2v) is 10.9. The largest absolute Gasteiger partial charge is 0.497 e. The summed E-state index contributed by atoms with van der Waals surface area (Å²) in [6, 6.07) is 27.2. The van der Waals surface area contributed by atoms with E-state index in [1.54, 1.807) is 48.5 Å². The lowest BCUT2D eigenvalue weighted by Crippen LogP contribution is -2.51. The molecule has 202 valence electrons. The fourth-order valence-electron chi connectivity index (χ4n) is 6.90. The highest BCUT2D eigenvalue weighted by molar-refractivity contribution is 6.34. The first-order chi connectivity index (χ1) is 20.0. The second kappa shape index (κ2) is 9.46. The summed E-state index contributed by atoms with van der Waals surface area (Å²) in [5.74, 6) is -1.52. The lowest BCUT2D eigenvalue weighted by atomic mass is 9.64. The standard InChI is InChI=1S/C34H25ClN2O4/c1-41-22-11-8-10-21(19-22)31(38)29-30(32(39)23-12-3-5-14-25(23)35)37-27-16-7-2-9-20(27)17-18-28(37)34(29)24-13-4-6-15-26(24)36-33(34)40/h2-19,28-30H,1H3,(H,36,40)/t28-,29+,30-,34-/m1/s1. The van der Waals surface area contributed by atoms with Gasteiger partial charge >= 0.3 is 0 Å². The third-order valence-corrected chi connectivity index (χ3v) is 8.92. The molecular formula is C34H25ClN2O4. The van der Waals surface area contributed by atoms with Gasteiger partial charge in [0.15, 0.2) is 11.6 Å². The molecule has 1 N–H and O–H groups in total. The number of ketones is 2. The molecule has 0 unspecified atom stereocenters. The van der Waals surface area contributed by atoms with Gasteiger partial charge in [0, 0.05) is 22.5 Å². The minimum absolute atomic E-state index is 0.291. The number of halogens is 1. The van der Waals surface area contributed by atoms with Gasteiger partial charge in [0.25, 0.3) is 0 Å². The zero-order chi connectivity index (χ0) is 28.3. The Morgan fingerprint density at radius 1 is 0.902 bits per heavy atom. The molecule has 4 atom stereocenters. The quantitative estimate of drug-likeness (QED) is 0.294. The van der Waals surface area contributed by atoms with Crippen LogP contribution in [0.25, 0.3) is 6.08 Å². The number of nitrogens with one attached hydrogen (secondary N) is 1. The number of carbonyl (C=O) groups is 3. The first kappa shape index (κ1) is 25.3. The van der Waals surface area contributed by atoms with E-state index in [9.17, 15) is 14.4 Å². The number of fused-ring (bicyclic) bond motifs is 6. The van der Waals surface area contributed by atoms with E-state index >= 15 is 0 Å². The molecule has 4 aromatic carbocycles. The minimum Gasteiger partial charge on any atom is -0.497 e. The SMILES string of the molecule is COc1cccc(C(=O)[C@@H]2[C@H](C(=O)c3ccccc3Cl)N3c4ccccc4C=C[C@@H]3[C@@]23C(=O)Nc2ccccc23)c1. The van der Waals surface area contributed by atoms with Gasteiger partial charge in [0.1, 0.15) is 17.2 Å². The maximum atomic E-state index is 14.8. The molecule has 1 saturated heterocycles. The Balaban J connectivity index is 1.55. The molecular weight excluding hydrogens is 536 g/mol. The molecule has 0 aliphatic carbocycles. The molecule has 1 spiro atoms. The Bertz CT molecular complexity index is 1780. The Morgan fingerprint density at radius 2 is 1.66 bits per heavy atom. The van der Waals surface area contributed by atoms with Crippen LogP contribution in [0.1, 0.15) is 31.8 Å². The van der Waals surface area contributed by atoms with Gasteiger partial charge in [-0.1, -0.05) is 84.4 Å². The molecule has 7 heteroatoms. The molecule has 7 rings (SSSR count). The molecule has 0 bridgehead atoms. The fraction of sp³-hybridized carbons (Fsp3) is 0.147. The molecule has 6 nitrogen and oxygen atoms in total. The number of para-hydroxylation sites is 2. The highest BCUT2D eigenvalue weighted by atomic mass is 35.5. The van der Waals surface area contributed by atoms with Crippen molar-refractivity contribution >= 4 is 46.5 Å². The number of benzene rings is 4. The molecule has 41 heavy (non-hydrogen) atoms. The van der Waals surface area contributed by atoms with Crippen LogP contribution >= 0.6 is 11.6 Å². The molecule has 0 saturated carbocycles. The van der Waals surface area contributed by atoms with E-state index in [1.807, 2.05) is 65.6 Å². The van der Waals surface area contributed by atoms with Gasteiger partial charge in [-0.25, -0.2) is 0 Å². The number of methoxy groups -OCH3 is 1. The van der Waals surface area contributed by atoms with E-state index < -0.39 is 23.4 Å². The summed E-state index contributed by atoms with van der Waals surface area (Å²) in [5, 5.41) is 3.33. The number of rotatable bonds is 5. The fourth-order valence-corrected chi connectivity index (χ4v) is 7.12. The first-order valence-corrected chi connectivity index (χ1v) is 13.8. The maximum absolute atomic E-state index is 14.8. The molecule has 3 aliphatic rings. The van der Waals surface area contributed by atoms with Crippen molar-refractivity contribution in [3.8, 4) is 5.75 Å². The van der Waals surface area contributed by atoms with Gasteiger partial charge in [-0.05, 0) is 47.5 Å². The number of hydrogen-bond donors (Lipinski definition) is 1. The van der Waals surface area contributed by atoms with Crippen molar-refractivity contribution in [2.24, 2.45) is 5.92 Å². The van der Waals surface area contributed by atoms with Crippen LogP contribution in [-0.4, -0.2) is 36.7 Å². The maximum Gasteiger partial charge on any atom is 0.238 e. The third-order valence-electron chi connectivity index (χ3n) is 8.59. The van der Waals surface area contributed by atoms with E-state index in [0.717, 1.165) is 11.3 Å². The molecule has 3 heterocycles. The lowest BCUT2D eigenvalue weighted by molar-refractivity contribution is -0.121. The van der Waals surface area contributed by atoms with Gasteiger partial charge in [-0.2, -0.15) is 0 Å². The predicted molar refractivity (Wildman–Crippen MR) is 159 cm³/mol. The van der Waals surface area contributed by atoms with Crippen LogP contribution in [0, 0.1) is 5.92 Å². The van der Waals surface area contributed by atoms with Gasteiger partial charge in [0.05, 0.1) is 24.1 Å². The van der Waals surface area contributed by atoms with Crippen LogP contribution in [0.4, 0.5) is 11.4 Å². The Hall–Kier alpha value is -4.68. The van der Waals surface area contributed by atoms with Crippen molar-refractivity contribution in [2.45, 2.75) is 17.5 Å². The monoisotopic (exact) mass is 560 g/mol. The topological polar surface area (TPSA) is 75.7 Å².